The van der Waals surface area contributed by atoms with Crippen LogP contribution in [0.3, 0.4) is 0 Å². The molecule has 1 atom stereocenters. The van der Waals surface area contributed by atoms with Crippen molar-refractivity contribution in [2.75, 3.05) is 19.6 Å². The molecule has 0 saturated carbocycles. The van der Waals surface area contributed by atoms with E-state index in [1.807, 2.05) is 6.92 Å². The molecule has 1 amide bonds. The molecule has 84 valence electrons. The van der Waals surface area contributed by atoms with E-state index in [1.165, 1.54) is 12.8 Å². The molecule has 3 nitrogen and oxygen atoms in total. The maximum Gasteiger partial charge on any atom is 0.221 e. The first-order valence-electron chi connectivity index (χ1n) is 5.68. The highest BCUT2D eigenvalue weighted by atomic mass is 16.1. The zero-order valence-corrected chi connectivity index (χ0v) is 9.73. The Kier molecular flexibility index (Phi) is 8.64. The molecule has 14 heavy (non-hydrogen) atoms. The van der Waals surface area contributed by atoms with Crippen molar-refractivity contribution in [1.29, 1.82) is 0 Å². The maximum atomic E-state index is 11.1. The lowest BCUT2D eigenvalue weighted by Crippen LogP contribution is -2.29. The third-order valence-corrected chi connectivity index (χ3v) is 2.18. The second-order valence-electron chi connectivity index (χ2n) is 3.80. The lowest BCUT2D eigenvalue weighted by molar-refractivity contribution is -0.120. The first kappa shape index (κ1) is 13.4. The Balaban J connectivity index is 3.24. The van der Waals surface area contributed by atoms with Crippen molar-refractivity contribution in [3.63, 3.8) is 0 Å². The van der Waals surface area contributed by atoms with Crippen LogP contribution >= 0.6 is 0 Å². The lowest BCUT2D eigenvalue weighted by Gasteiger charge is -2.10. The molecule has 0 spiro atoms. The molecule has 1 unspecified atom stereocenters. The molecule has 0 rings (SSSR count). The predicted molar refractivity (Wildman–Crippen MR) is 60.2 cm³/mol. The van der Waals surface area contributed by atoms with E-state index in [0.717, 1.165) is 19.6 Å². The average molecular weight is 200 g/mol. The van der Waals surface area contributed by atoms with Gasteiger partial charge in [-0.15, -0.1) is 0 Å². The molecule has 0 aromatic carbocycles. The SMILES string of the molecule is CCCC(C)CNCCC(=O)NCC. The van der Waals surface area contributed by atoms with E-state index in [9.17, 15) is 4.79 Å². The summed E-state index contributed by atoms with van der Waals surface area (Å²) in [6, 6.07) is 0. The molecule has 0 aliphatic heterocycles. The first-order valence-corrected chi connectivity index (χ1v) is 5.68. The van der Waals surface area contributed by atoms with E-state index in [2.05, 4.69) is 24.5 Å². The Morgan fingerprint density at radius 3 is 2.64 bits per heavy atom. The van der Waals surface area contributed by atoms with Crippen LogP contribution in [0.2, 0.25) is 0 Å². The van der Waals surface area contributed by atoms with Gasteiger partial charge in [0.05, 0.1) is 0 Å². The number of hydrogen-bond donors (Lipinski definition) is 2. The maximum absolute atomic E-state index is 11.1. The normalized spacial score (nSPS) is 12.5. The molecule has 0 fully saturated rings. The topological polar surface area (TPSA) is 41.1 Å². The lowest BCUT2D eigenvalue weighted by atomic mass is 10.1. The highest BCUT2D eigenvalue weighted by Crippen LogP contribution is 2.02. The van der Waals surface area contributed by atoms with Crippen molar-refractivity contribution < 1.29 is 4.79 Å². The van der Waals surface area contributed by atoms with Crippen molar-refractivity contribution in [3.05, 3.63) is 0 Å². The minimum absolute atomic E-state index is 0.142. The molecule has 0 aliphatic carbocycles. The zero-order chi connectivity index (χ0) is 10.8. The molecular weight excluding hydrogens is 176 g/mol. The Morgan fingerprint density at radius 2 is 2.07 bits per heavy atom. The summed E-state index contributed by atoms with van der Waals surface area (Å²) in [5.74, 6) is 0.859. The van der Waals surface area contributed by atoms with Crippen LogP contribution in [0.25, 0.3) is 0 Å². The van der Waals surface area contributed by atoms with Gasteiger partial charge in [0, 0.05) is 19.5 Å². The van der Waals surface area contributed by atoms with Crippen molar-refractivity contribution in [1.82, 2.24) is 10.6 Å². The summed E-state index contributed by atoms with van der Waals surface area (Å²) in [5.41, 5.74) is 0. The molecule has 3 heteroatoms. The van der Waals surface area contributed by atoms with Crippen LogP contribution in [-0.2, 0) is 4.79 Å². The van der Waals surface area contributed by atoms with Crippen molar-refractivity contribution in [3.8, 4) is 0 Å². The Morgan fingerprint density at radius 1 is 1.36 bits per heavy atom. The average Bonchev–Trinajstić information content (AvgIpc) is 2.13. The minimum atomic E-state index is 0.142. The fraction of sp³-hybridized carbons (Fsp3) is 0.909. The summed E-state index contributed by atoms with van der Waals surface area (Å²) in [6.07, 6.45) is 3.08. The van der Waals surface area contributed by atoms with Gasteiger partial charge < -0.3 is 10.6 Å². The van der Waals surface area contributed by atoms with Crippen molar-refractivity contribution >= 4 is 5.91 Å². The van der Waals surface area contributed by atoms with Gasteiger partial charge in [-0.3, -0.25) is 4.79 Å². The number of nitrogens with one attached hydrogen (secondary N) is 2. The van der Waals surface area contributed by atoms with Crippen molar-refractivity contribution in [2.45, 2.75) is 40.0 Å². The van der Waals surface area contributed by atoms with Gasteiger partial charge in [-0.25, -0.2) is 0 Å². The number of carbonyl (C=O) groups is 1. The van der Waals surface area contributed by atoms with E-state index in [4.69, 9.17) is 0 Å². The number of amides is 1. The van der Waals surface area contributed by atoms with Gasteiger partial charge in [-0.05, 0) is 25.8 Å². The van der Waals surface area contributed by atoms with Gasteiger partial charge in [0.15, 0.2) is 0 Å². The van der Waals surface area contributed by atoms with Crippen LogP contribution in [-0.4, -0.2) is 25.5 Å². The molecule has 0 bridgehead atoms. The fourth-order valence-corrected chi connectivity index (χ4v) is 1.43. The summed E-state index contributed by atoms with van der Waals surface area (Å²) in [5, 5.41) is 6.08. The second kappa shape index (κ2) is 9.00. The molecule has 0 heterocycles. The van der Waals surface area contributed by atoms with Crippen LogP contribution in [0.5, 0.6) is 0 Å². The molecule has 2 N–H and O–H groups in total. The molecule has 0 aromatic rings. The van der Waals surface area contributed by atoms with Crippen LogP contribution < -0.4 is 10.6 Å². The highest BCUT2D eigenvalue weighted by molar-refractivity contribution is 5.75. The van der Waals surface area contributed by atoms with Crippen LogP contribution in [0.1, 0.15) is 40.0 Å². The molecule has 0 radical (unpaired) electrons. The quantitative estimate of drug-likeness (QED) is 0.584. The van der Waals surface area contributed by atoms with Gasteiger partial charge >= 0.3 is 0 Å². The number of rotatable bonds is 8. The van der Waals surface area contributed by atoms with Crippen molar-refractivity contribution in [2.24, 2.45) is 5.92 Å². The highest BCUT2D eigenvalue weighted by Gasteiger charge is 2.01. The van der Waals surface area contributed by atoms with Gasteiger partial charge in [-0.2, -0.15) is 0 Å². The molecular formula is C11H24N2O. The Bertz CT molecular complexity index is 148. The van der Waals surface area contributed by atoms with E-state index in [-0.39, 0.29) is 5.91 Å². The third kappa shape index (κ3) is 8.05. The molecule has 0 aromatic heterocycles. The number of hydrogen-bond acceptors (Lipinski definition) is 2. The van der Waals surface area contributed by atoms with Gasteiger partial charge in [-0.1, -0.05) is 20.3 Å². The largest absolute Gasteiger partial charge is 0.356 e. The molecule has 0 aliphatic rings. The first-order chi connectivity index (χ1) is 6.70. The van der Waals surface area contributed by atoms with Crippen LogP contribution in [0, 0.1) is 5.92 Å². The van der Waals surface area contributed by atoms with Crippen LogP contribution in [0.4, 0.5) is 0 Å². The monoisotopic (exact) mass is 200 g/mol. The van der Waals surface area contributed by atoms with Crippen LogP contribution in [0.15, 0.2) is 0 Å². The van der Waals surface area contributed by atoms with E-state index in [1.54, 1.807) is 0 Å². The van der Waals surface area contributed by atoms with Gasteiger partial charge in [0.25, 0.3) is 0 Å². The summed E-state index contributed by atoms with van der Waals surface area (Å²) >= 11 is 0. The summed E-state index contributed by atoms with van der Waals surface area (Å²) in [6.45, 7) is 8.92. The second-order valence-corrected chi connectivity index (χ2v) is 3.80. The molecule has 0 saturated heterocycles. The zero-order valence-electron chi connectivity index (χ0n) is 9.73. The summed E-state index contributed by atoms with van der Waals surface area (Å²) < 4.78 is 0. The van der Waals surface area contributed by atoms with Gasteiger partial charge in [0.1, 0.15) is 0 Å². The predicted octanol–water partition coefficient (Wildman–Crippen LogP) is 1.54. The van der Waals surface area contributed by atoms with E-state index in [0.29, 0.717) is 12.3 Å². The van der Waals surface area contributed by atoms with Gasteiger partial charge in [0.2, 0.25) is 5.91 Å². The minimum Gasteiger partial charge on any atom is -0.356 e. The standard InChI is InChI=1S/C11H24N2O/c1-4-6-10(3)9-12-8-7-11(14)13-5-2/h10,12H,4-9H2,1-3H3,(H,13,14). The van der Waals surface area contributed by atoms with E-state index < -0.39 is 0 Å². The fourth-order valence-electron chi connectivity index (χ4n) is 1.43. The Hall–Kier alpha value is -0.570. The smallest absolute Gasteiger partial charge is 0.221 e. The third-order valence-electron chi connectivity index (χ3n) is 2.18. The summed E-state index contributed by atoms with van der Waals surface area (Å²) in [4.78, 5) is 11.1. The van der Waals surface area contributed by atoms with E-state index >= 15 is 0 Å². The number of carbonyl (C=O) groups excluding carboxylic acids is 1. The summed E-state index contributed by atoms with van der Waals surface area (Å²) in [7, 11) is 0. The Labute approximate surface area is 87.6 Å².